The lowest BCUT2D eigenvalue weighted by atomic mass is 9.77. The van der Waals surface area contributed by atoms with Crippen molar-refractivity contribution >= 4 is 39.5 Å². The molecule has 9 nitrogen and oxygen atoms in total. The lowest BCUT2D eigenvalue weighted by molar-refractivity contribution is 0.203. The van der Waals surface area contributed by atoms with Crippen LogP contribution in [0.1, 0.15) is 37.7 Å². The third kappa shape index (κ3) is 4.43. The Morgan fingerprint density at radius 1 is 1.07 bits per heavy atom. The minimum Gasteiger partial charge on any atom is -0.497 e. The zero-order valence-electron chi connectivity index (χ0n) is 24.0. The average Bonchev–Trinajstić information content (AvgIpc) is 3.66. The highest BCUT2D eigenvalue weighted by molar-refractivity contribution is 6.38. The van der Waals surface area contributed by atoms with E-state index < -0.39 is 6.17 Å². The SMILES string of the molecule is COc1ccc(Cn2nc3nc(N4CCC5(CC[C@H](F)C5)CC4)n(C)c(=O)c3c2-c2ccc3nn(C)cc3c2Cl)cc1. The zero-order chi connectivity index (χ0) is 29.2. The number of hydrogen-bond donors (Lipinski definition) is 0. The van der Waals surface area contributed by atoms with Crippen molar-refractivity contribution < 1.29 is 9.13 Å². The molecule has 0 N–H and O–H groups in total. The van der Waals surface area contributed by atoms with E-state index in [2.05, 4.69) is 10.00 Å². The van der Waals surface area contributed by atoms with Gasteiger partial charge in [0.1, 0.15) is 17.3 Å². The normalized spacial score (nSPS) is 18.5. The summed E-state index contributed by atoms with van der Waals surface area (Å²) in [6.07, 6.45) is 5.23. The van der Waals surface area contributed by atoms with E-state index in [0.717, 1.165) is 54.6 Å². The number of aromatic nitrogens is 6. The van der Waals surface area contributed by atoms with Crippen LogP contribution in [0.15, 0.2) is 47.4 Å². The second-order valence-corrected chi connectivity index (χ2v) is 12.2. The number of benzene rings is 2. The first kappa shape index (κ1) is 26.9. The summed E-state index contributed by atoms with van der Waals surface area (Å²) in [6.45, 7) is 1.88. The Morgan fingerprint density at radius 2 is 1.83 bits per heavy atom. The summed E-state index contributed by atoms with van der Waals surface area (Å²) >= 11 is 7.00. The van der Waals surface area contributed by atoms with E-state index in [4.69, 9.17) is 26.4 Å². The number of aryl methyl sites for hydroxylation is 1. The molecule has 4 heterocycles. The van der Waals surface area contributed by atoms with Gasteiger partial charge >= 0.3 is 0 Å². The van der Waals surface area contributed by atoms with Crippen LogP contribution >= 0.6 is 11.6 Å². The zero-order valence-corrected chi connectivity index (χ0v) is 24.7. The summed E-state index contributed by atoms with van der Waals surface area (Å²) in [5.74, 6) is 1.35. The number of alkyl halides is 1. The Morgan fingerprint density at radius 3 is 2.52 bits per heavy atom. The van der Waals surface area contributed by atoms with Crippen LogP contribution in [-0.2, 0) is 20.6 Å². The summed E-state index contributed by atoms with van der Waals surface area (Å²) in [6, 6.07) is 11.6. The van der Waals surface area contributed by atoms with Crippen molar-refractivity contribution in [1.82, 2.24) is 29.1 Å². The van der Waals surface area contributed by atoms with Gasteiger partial charge in [0.25, 0.3) is 5.56 Å². The molecule has 3 aromatic heterocycles. The Bertz CT molecular complexity index is 1870. The number of ether oxygens (including phenoxy) is 1. The second kappa shape index (κ2) is 10.1. The van der Waals surface area contributed by atoms with Gasteiger partial charge in [0, 0.05) is 44.3 Å². The van der Waals surface area contributed by atoms with E-state index in [1.54, 1.807) is 23.4 Å². The van der Waals surface area contributed by atoms with Crippen LogP contribution in [0.25, 0.3) is 33.2 Å². The summed E-state index contributed by atoms with van der Waals surface area (Å²) in [7, 11) is 5.25. The molecule has 1 aliphatic heterocycles. The second-order valence-electron chi connectivity index (χ2n) is 11.8. The number of anilines is 1. The number of halogens is 2. The van der Waals surface area contributed by atoms with Gasteiger partial charge in [-0.2, -0.15) is 15.2 Å². The minimum absolute atomic E-state index is 0.0771. The van der Waals surface area contributed by atoms with E-state index in [0.29, 0.717) is 52.6 Å². The molecule has 1 spiro atoms. The molecule has 1 saturated carbocycles. The third-order valence-corrected chi connectivity index (χ3v) is 9.60. The molecule has 7 rings (SSSR count). The topological polar surface area (TPSA) is 83.0 Å². The number of methoxy groups -OCH3 is 1. The standard InChI is InChI=1S/C31H33ClFN7O2/c1-37-18-23-24(35-37)9-8-22(26(23)32)27-25-28(36-40(27)17-19-4-6-21(42-3)7-5-19)34-30(38(2)29(25)41)39-14-12-31(13-15-39)11-10-20(33)16-31/h4-9,18,20H,10-17H2,1-3H3/t20-/m0/s1. The third-order valence-electron chi connectivity index (χ3n) is 9.19. The van der Waals surface area contributed by atoms with Gasteiger partial charge in [0.05, 0.1) is 29.9 Å². The van der Waals surface area contributed by atoms with Gasteiger partial charge in [-0.25, -0.2) is 4.39 Å². The fraction of sp³-hybridized carbons (Fsp3) is 0.419. The van der Waals surface area contributed by atoms with E-state index in [-0.39, 0.29) is 11.0 Å². The molecule has 2 fully saturated rings. The number of rotatable bonds is 5. The van der Waals surface area contributed by atoms with Crippen LogP contribution in [0.3, 0.4) is 0 Å². The molecule has 42 heavy (non-hydrogen) atoms. The highest BCUT2D eigenvalue weighted by Gasteiger charge is 2.42. The largest absolute Gasteiger partial charge is 0.497 e. The van der Waals surface area contributed by atoms with Gasteiger partial charge in [0.15, 0.2) is 5.65 Å². The van der Waals surface area contributed by atoms with Crippen molar-refractivity contribution in [2.75, 3.05) is 25.1 Å². The molecular formula is C31H33ClFN7O2. The van der Waals surface area contributed by atoms with Crippen molar-refractivity contribution in [2.24, 2.45) is 19.5 Å². The maximum absolute atomic E-state index is 14.1. The molecule has 1 aliphatic carbocycles. The number of nitrogens with zero attached hydrogens (tertiary/aromatic N) is 7. The van der Waals surface area contributed by atoms with Gasteiger partial charge in [-0.15, -0.1) is 0 Å². The lowest BCUT2D eigenvalue weighted by Crippen LogP contribution is -2.42. The number of piperidine rings is 1. The molecule has 0 amide bonds. The first-order valence-corrected chi connectivity index (χ1v) is 14.7. The van der Waals surface area contributed by atoms with Gasteiger partial charge in [0.2, 0.25) is 5.95 Å². The number of fused-ring (bicyclic) bond motifs is 2. The predicted octanol–water partition coefficient (Wildman–Crippen LogP) is 5.50. The maximum Gasteiger partial charge on any atom is 0.266 e. The fourth-order valence-electron chi connectivity index (χ4n) is 6.86. The molecule has 2 aromatic carbocycles. The lowest BCUT2D eigenvalue weighted by Gasteiger charge is -2.40. The predicted molar refractivity (Wildman–Crippen MR) is 162 cm³/mol. The van der Waals surface area contributed by atoms with E-state index in [1.165, 1.54) is 0 Å². The van der Waals surface area contributed by atoms with Gasteiger partial charge in [-0.3, -0.25) is 18.7 Å². The Labute approximate surface area is 247 Å². The Kier molecular flexibility index (Phi) is 6.49. The van der Waals surface area contributed by atoms with Crippen molar-refractivity contribution in [2.45, 2.75) is 44.8 Å². The minimum atomic E-state index is -0.693. The molecule has 11 heteroatoms. The van der Waals surface area contributed by atoms with Crippen molar-refractivity contribution in [3.8, 4) is 17.0 Å². The number of hydrogen-bond acceptors (Lipinski definition) is 6. The van der Waals surface area contributed by atoms with Gasteiger partial charge in [-0.1, -0.05) is 23.7 Å². The van der Waals surface area contributed by atoms with Crippen molar-refractivity contribution in [3.05, 3.63) is 63.5 Å². The molecule has 1 atom stereocenters. The average molecular weight is 590 g/mol. The highest BCUT2D eigenvalue weighted by Crippen LogP contribution is 2.47. The highest BCUT2D eigenvalue weighted by atomic mass is 35.5. The van der Waals surface area contributed by atoms with Crippen LogP contribution in [0, 0.1) is 5.41 Å². The molecule has 0 unspecified atom stereocenters. The summed E-state index contributed by atoms with van der Waals surface area (Å²) in [5, 5.41) is 11.1. The molecule has 5 aromatic rings. The van der Waals surface area contributed by atoms with Crippen LogP contribution in [-0.4, -0.2) is 55.5 Å². The first-order chi connectivity index (χ1) is 20.2. The van der Waals surface area contributed by atoms with E-state index in [9.17, 15) is 9.18 Å². The van der Waals surface area contributed by atoms with Gasteiger partial charge < -0.3 is 9.64 Å². The van der Waals surface area contributed by atoms with Crippen LogP contribution < -0.4 is 15.2 Å². The Hall–Kier alpha value is -3.92. The fourth-order valence-corrected chi connectivity index (χ4v) is 7.16. The summed E-state index contributed by atoms with van der Waals surface area (Å²) < 4.78 is 24.5. The molecule has 1 saturated heterocycles. The van der Waals surface area contributed by atoms with Crippen molar-refractivity contribution in [3.63, 3.8) is 0 Å². The van der Waals surface area contributed by atoms with Gasteiger partial charge in [-0.05, 0) is 67.3 Å². The van der Waals surface area contributed by atoms with Crippen molar-refractivity contribution in [1.29, 1.82) is 0 Å². The maximum atomic E-state index is 14.1. The van der Waals surface area contributed by atoms with Crippen LogP contribution in [0.4, 0.5) is 10.3 Å². The van der Waals surface area contributed by atoms with E-state index in [1.807, 2.05) is 54.3 Å². The molecule has 218 valence electrons. The van der Waals surface area contributed by atoms with E-state index >= 15 is 0 Å². The van der Waals surface area contributed by atoms with Crippen LogP contribution in [0.2, 0.25) is 5.02 Å². The summed E-state index contributed by atoms with van der Waals surface area (Å²) in [4.78, 5) is 21.2. The molecule has 0 radical (unpaired) electrons. The molecule has 2 aliphatic rings. The Balaban J connectivity index is 1.35. The molecule has 0 bridgehead atoms. The quantitative estimate of drug-likeness (QED) is 0.269. The molecular weight excluding hydrogens is 557 g/mol. The first-order valence-electron chi connectivity index (χ1n) is 14.4. The van der Waals surface area contributed by atoms with Crippen LogP contribution in [0.5, 0.6) is 5.75 Å². The smallest absolute Gasteiger partial charge is 0.266 e. The monoisotopic (exact) mass is 589 g/mol. The summed E-state index contributed by atoms with van der Waals surface area (Å²) in [5.41, 5.74) is 3.35.